The number of anilines is 1. The molecule has 0 atom stereocenters. The zero-order chi connectivity index (χ0) is 20.4. The van der Waals surface area contributed by atoms with Crippen LogP contribution in [0.5, 0.6) is 5.75 Å². The predicted molar refractivity (Wildman–Crippen MR) is 108 cm³/mol. The van der Waals surface area contributed by atoms with Gasteiger partial charge in [-0.2, -0.15) is 0 Å². The first kappa shape index (κ1) is 21.6. The van der Waals surface area contributed by atoms with Crippen molar-refractivity contribution in [2.75, 3.05) is 31.7 Å². The molecule has 7 nitrogen and oxygen atoms in total. The van der Waals surface area contributed by atoms with E-state index in [1.807, 2.05) is 6.92 Å². The summed E-state index contributed by atoms with van der Waals surface area (Å²) >= 11 is 0. The van der Waals surface area contributed by atoms with Gasteiger partial charge in [0.1, 0.15) is 12.4 Å². The van der Waals surface area contributed by atoms with Crippen LogP contribution in [0.1, 0.15) is 17.3 Å². The lowest BCUT2D eigenvalue weighted by Gasteiger charge is -2.10. The maximum absolute atomic E-state index is 12.4. The Balaban J connectivity index is 2.00. The number of carbonyl (C=O) groups is 1. The summed E-state index contributed by atoms with van der Waals surface area (Å²) in [5.74, 6) is 0.248. The summed E-state index contributed by atoms with van der Waals surface area (Å²) in [7, 11) is -3.60. The van der Waals surface area contributed by atoms with Crippen molar-refractivity contribution in [2.24, 2.45) is 0 Å². The summed E-state index contributed by atoms with van der Waals surface area (Å²) in [6.07, 6.45) is 1.46. The van der Waals surface area contributed by atoms with Crippen molar-refractivity contribution in [1.29, 1.82) is 0 Å². The number of hydrogen-bond acceptors (Lipinski definition) is 5. The van der Waals surface area contributed by atoms with Crippen LogP contribution in [-0.4, -0.2) is 40.7 Å². The van der Waals surface area contributed by atoms with E-state index in [0.29, 0.717) is 36.8 Å². The Morgan fingerprint density at radius 2 is 1.89 bits per heavy atom. The second-order valence-electron chi connectivity index (χ2n) is 5.69. The van der Waals surface area contributed by atoms with E-state index in [1.165, 1.54) is 30.3 Å². The van der Waals surface area contributed by atoms with Gasteiger partial charge in [-0.3, -0.25) is 4.79 Å². The monoisotopic (exact) mass is 404 g/mol. The standard InChI is InChI=1S/C20H24N2O5S/c1-3-12-21-28(24,25)19-10-8-17(9-11-19)22-20(23)16-6-5-7-18(15-16)27-14-13-26-4-2/h3,5-11,15,21H,1,4,12-14H2,2H3,(H,22,23). The number of sulfonamides is 1. The molecule has 0 saturated heterocycles. The molecule has 8 heteroatoms. The number of nitrogens with one attached hydrogen (secondary N) is 2. The highest BCUT2D eigenvalue weighted by atomic mass is 32.2. The molecule has 0 spiro atoms. The molecule has 0 aliphatic heterocycles. The van der Waals surface area contributed by atoms with Gasteiger partial charge in [-0.1, -0.05) is 12.1 Å². The summed E-state index contributed by atoms with van der Waals surface area (Å²) < 4.78 is 37.2. The number of amides is 1. The van der Waals surface area contributed by atoms with E-state index in [9.17, 15) is 13.2 Å². The van der Waals surface area contributed by atoms with Crippen LogP contribution in [-0.2, 0) is 14.8 Å². The Bertz CT molecular complexity index is 895. The Morgan fingerprint density at radius 3 is 2.57 bits per heavy atom. The van der Waals surface area contributed by atoms with Gasteiger partial charge in [-0.15, -0.1) is 6.58 Å². The first-order valence-corrected chi connectivity index (χ1v) is 10.3. The summed E-state index contributed by atoms with van der Waals surface area (Å²) in [5, 5.41) is 2.73. The molecule has 0 unspecified atom stereocenters. The zero-order valence-corrected chi connectivity index (χ0v) is 16.5. The van der Waals surface area contributed by atoms with Crippen LogP contribution in [0.2, 0.25) is 0 Å². The smallest absolute Gasteiger partial charge is 0.255 e. The summed E-state index contributed by atoms with van der Waals surface area (Å²) in [6, 6.07) is 12.7. The molecule has 2 N–H and O–H groups in total. The lowest BCUT2D eigenvalue weighted by Crippen LogP contribution is -2.23. The van der Waals surface area contributed by atoms with Crippen molar-refractivity contribution < 1.29 is 22.7 Å². The van der Waals surface area contributed by atoms with E-state index in [1.54, 1.807) is 24.3 Å². The molecule has 0 fully saturated rings. The fourth-order valence-electron chi connectivity index (χ4n) is 2.26. The van der Waals surface area contributed by atoms with E-state index in [-0.39, 0.29) is 17.3 Å². The van der Waals surface area contributed by atoms with E-state index < -0.39 is 10.0 Å². The third kappa shape index (κ3) is 6.49. The first-order chi connectivity index (χ1) is 13.5. The van der Waals surface area contributed by atoms with Gasteiger partial charge < -0.3 is 14.8 Å². The molecule has 2 aromatic carbocycles. The molecular weight excluding hydrogens is 380 g/mol. The van der Waals surface area contributed by atoms with Gasteiger partial charge in [0.2, 0.25) is 10.0 Å². The van der Waals surface area contributed by atoms with E-state index in [4.69, 9.17) is 9.47 Å². The molecule has 2 aromatic rings. The quantitative estimate of drug-likeness (QED) is 0.444. The molecule has 0 radical (unpaired) electrons. The summed E-state index contributed by atoms with van der Waals surface area (Å²) in [4.78, 5) is 12.5. The average Bonchev–Trinajstić information content (AvgIpc) is 2.70. The number of carbonyl (C=O) groups excluding carboxylic acids is 1. The minimum Gasteiger partial charge on any atom is -0.491 e. The van der Waals surface area contributed by atoms with Gasteiger partial charge >= 0.3 is 0 Å². The Kier molecular flexibility index (Phi) is 8.19. The third-order valence-electron chi connectivity index (χ3n) is 3.64. The Labute approximate surface area is 165 Å². The highest BCUT2D eigenvalue weighted by Gasteiger charge is 2.13. The van der Waals surface area contributed by atoms with Crippen molar-refractivity contribution in [3.8, 4) is 5.75 Å². The van der Waals surface area contributed by atoms with E-state index >= 15 is 0 Å². The van der Waals surface area contributed by atoms with Gasteiger partial charge in [0.15, 0.2) is 0 Å². The van der Waals surface area contributed by atoms with Crippen LogP contribution < -0.4 is 14.8 Å². The van der Waals surface area contributed by atoms with Crippen LogP contribution in [0.15, 0.2) is 66.1 Å². The van der Waals surface area contributed by atoms with Crippen LogP contribution >= 0.6 is 0 Å². The van der Waals surface area contributed by atoms with Crippen LogP contribution in [0.3, 0.4) is 0 Å². The number of rotatable bonds is 11. The lowest BCUT2D eigenvalue weighted by atomic mass is 10.2. The summed E-state index contributed by atoms with van der Waals surface area (Å²) in [5.41, 5.74) is 0.911. The summed E-state index contributed by atoms with van der Waals surface area (Å²) in [6.45, 7) is 7.02. The Morgan fingerprint density at radius 1 is 1.14 bits per heavy atom. The molecular formula is C20H24N2O5S. The SMILES string of the molecule is C=CCNS(=O)(=O)c1ccc(NC(=O)c2cccc(OCCOCC)c2)cc1. The van der Waals surface area contributed by atoms with Gasteiger partial charge in [0.05, 0.1) is 11.5 Å². The lowest BCUT2D eigenvalue weighted by molar-refractivity contribution is 0.102. The Hall–Kier alpha value is -2.68. The number of hydrogen-bond donors (Lipinski definition) is 2. The predicted octanol–water partition coefficient (Wildman–Crippen LogP) is 2.82. The number of ether oxygens (including phenoxy) is 2. The van der Waals surface area contributed by atoms with Crippen LogP contribution in [0.25, 0.3) is 0 Å². The molecule has 1 amide bonds. The minimum atomic E-state index is -3.60. The minimum absolute atomic E-state index is 0.108. The van der Waals surface area contributed by atoms with E-state index in [2.05, 4.69) is 16.6 Å². The van der Waals surface area contributed by atoms with Crippen molar-refractivity contribution in [3.05, 3.63) is 66.7 Å². The van der Waals surface area contributed by atoms with Crippen molar-refractivity contribution >= 4 is 21.6 Å². The van der Waals surface area contributed by atoms with Crippen LogP contribution in [0, 0.1) is 0 Å². The molecule has 0 saturated carbocycles. The van der Waals surface area contributed by atoms with Crippen molar-refractivity contribution in [2.45, 2.75) is 11.8 Å². The maximum Gasteiger partial charge on any atom is 0.255 e. The zero-order valence-electron chi connectivity index (χ0n) is 15.7. The molecule has 0 aliphatic carbocycles. The molecule has 150 valence electrons. The highest BCUT2D eigenvalue weighted by molar-refractivity contribution is 7.89. The second kappa shape index (κ2) is 10.6. The normalized spacial score (nSPS) is 11.0. The van der Waals surface area contributed by atoms with Crippen LogP contribution in [0.4, 0.5) is 5.69 Å². The second-order valence-corrected chi connectivity index (χ2v) is 7.46. The fraction of sp³-hybridized carbons (Fsp3) is 0.250. The molecule has 2 rings (SSSR count). The highest BCUT2D eigenvalue weighted by Crippen LogP contribution is 2.17. The first-order valence-electron chi connectivity index (χ1n) is 8.79. The fourth-order valence-corrected chi connectivity index (χ4v) is 3.26. The average molecular weight is 404 g/mol. The maximum atomic E-state index is 12.4. The number of benzene rings is 2. The van der Waals surface area contributed by atoms with Gasteiger partial charge in [0.25, 0.3) is 5.91 Å². The molecule has 0 aliphatic rings. The van der Waals surface area contributed by atoms with Crippen molar-refractivity contribution in [3.63, 3.8) is 0 Å². The van der Waals surface area contributed by atoms with Crippen molar-refractivity contribution in [1.82, 2.24) is 4.72 Å². The third-order valence-corrected chi connectivity index (χ3v) is 5.08. The topological polar surface area (TPSA) is 93.7 Å². The largest absolute Gasteiger partial charge is 0.491 e. The molecule has 0 bridgehead atoms. The molecule has 0 aromatic heterocycles. The van der Waals surface area contributed by atoms with E-state index in [0.717, 1.165) is 0 Å². The molecule has 0 heterocycles. The van der Waals surface area contributed by atoms with Gasteiger partial charge in [-0.25, -0.2) is 13.1 Å². The molecule has 28 heavy (non-hydrogen) atoms. The van der Waals surface area contributed by atoms with Gasteiger partial charge in [0, 0.05) is 24.4 Å². The van der Waals surface area contributed by atoms with Gasteiger partial charge in [-0.05, 0) is 49.4 Å².